The van der Waals surface area contributed by atoms with Crippen LogP contribution in [0.3, 0.4) is 0 Å². The van der Waals surface area contributed by atoms with Crippen molar-refractivity contribution in [3.63, 3.8) is 0 Å². The van der Waals surface area contributed by atoms with Crippen LogP contribution in [0.25, 0.3) is 10.3 Å². The van der Waals surface area contributed by atoms with Gasteiger partial charge in [-0.1, -0.05) is 11.3 Å². The van der Waals surface area contributed by atoms with Gasteiger partial charge in [0.05, 0.1) is 5.01 Å². The summed E-state index contributed by atoms with van der Waals surface area (Å²) in [6.07, 6.45) is 6.46. The molecule has 84 valence electrons. The highest BCUT2D eigenvalue weighted by molar-refractivity contribution is 7.18. The lowest BCUT2D eigenvalue weighted by Crippen LogP contribution is -2.25. The number of fused-ring (bicyclic) bond motifs is 1. The summed E-state index contributed by atoms with van der Waals surface area (Å²) >= 11 is 1.74. The van der Waals surface area contributed by atoms with Crippen molar-refractivity contribution in [1.29, 1.82) is 0 Å². The van der Waals surface area contributed by atoms with Crippen LogP contribution in [0.1, 0.15) is 36.6 Å². The molecule has 3 nitrogen and oxygen atoms in total. The zero-order valence-electron chi connectivity index (χ0n) is 9.10. The average Bonchev–Trinajstić information content (AvgIpc) is 2.73. The molecule has 4 heteroatoms. The summed E-state index contributed by atoms with van der Waals surface area (Å²) < 4.78 is 0. The van der Waals surface area contributed by atoms with Crippen LogP contribution < -0.4 is 5.73 Å². The van der Waals surface area contributed by atoms with Crippen LogP contribution in [-0.2, 0) is 0 Å². The Morgan fingerprint density at radius 3 is 2.81 bits per heavy atom. The van der Waals surface area contributed by atoms with E-state index < -0.39 is 0 Å². The second kappa shape index (κ2) is 4.11. The molecule has 1 saturated carbocycles. The van der Waals surface area contributed by atoms with E-state index in [0.29, 0.717) is 12.0 Å². The highest BCUT2D eigenvalue weighted by Gasteiger charge is 2.22. The molecule has 0 aromatic carbocycles. The quantitative estimate of drug-likeness (QED) is 0.824. The van der Waals surface area contributed by atoms with E-state index in [9.17, 15) is 0 Å². The van der Waals surface area contributed by atoms with Gasteiger partial charge in [-0.2, -0.15) is 0 Å². The van der Waals surface area contributed by atoms with Gasteiger partial charge in [0.1, 0.15) is 10.3 Å². The van der Waals surface area contributed by atoms with Crippen molar-refractivity contribution in [3.8, 4) is 0 Å². The summed E-state index contributed by atoms with van der Waals surface area (Å²) in [4.78, 5) is 10.1. The first-order valence-electron chi connectivity index (χ1n) is 5.80. The van der Waals surface area contributed by atoms with E-state index in [2.05, 4.69) is 9.97 Å². The number of hydrogen-bond acceptors (Lipinski definition) is 4. The molecule has 0 atom stereocenters. The van der Waals surface area contributed by atoms with Gasteiger partial charge in [-0.05, 0) is 37.8 Å². The minimum Gasteiger partial charge on any atom is -0.328 e. The molecule has 0 saturated heterocycles. The second-order valence-electron chi connectivity index (χ2n) is 4.49. The maximum absolute atomic E-state index is 5.92. The van der Waals surface area contributed by atoms with Crippen molar-refractivity contribution in [2.24, 2.45) is 5.73 Å². The molecule has 0 bridgehead atoms. The predicted octanol–water partition coefficient (Wildman–Crippen LogP) is 2.68. The molecular formula is C12H15N3S. The fourth-order valence-corrected chi connectivity index (χ4v) is 3.40. The molecule has 0 spiro atoms. The van der Waals surface area contributed by atoms with E-state index >= 15 is 0 Å². The monoisotopic (exact) mass is 233 g/mol. The van der Waals surface area contributed by atoms with E-state index in [1.807, 2.05) is 18.3 Å². The number of aromatic nitrogens is 2. The molecular weight excluding hydrogens is 218 g/mol. The van der Waals surface area contributed by atoms with Gasteiger partial charge >= 0.3 is 0 Å². The number of hydrogen-bond donors (Lipinski definition) is 1. The maximum atomic E-state index is 5.92. The van der Waals surface area contributed by atoms with Gasteiger partial charge < -0.3 is 5.73 Å². The van der Waals surface area contributed by atoms with Crippen LogP contribution in [0.2, 0.25) is 0 Å². The molecule has 0 amide bonds. The summed E-state index contributed by atoms with van der Waals surface area (Å²) in [7, 11) is 0. The molecule has 2 N–H and O–H groups in total. The smallest absolute Gasteiger partial charge is 0.143 e. The molecule has 2 heterocycles. The van der Waals surface area contributed by atoms with E-state index in [4.69, 9.17) is 5.73 Å². The van der Waals surface area contributed by atoms with Gasteiger partial charge in [0, 0.05) is 18.2 Å². The van der Waals surface area contributed by atoms with Crippen LogP contribution in [0.15, 0.2) is 18.3 Å². The SMILES string of the molecule is N[C@H]1CC[C@H](c2nc3cccnc3s2)CC1. The first-order valence-corrected chi connectivity index (χ1v) is 6.61. The third-order valence-corrected chi connectivity index (χ3v) is 4.45. The Morgan fingerprint density at radius 1 is 1.25 bits per heavy atom. The molecule has 0 unspecified atom stereocenters. The zero-order chi connectivity index (χ0) is 11.0. The summed E-state index contributed by atoms with van der Waals surface area (Å²) in [5.74, 6) is 0.610. The Morgan fingerprint density at radius 2 is 2.06 bits per heavy atom. The lowest BCUT2D eigenvalue weighted by molar-refractivity contribution is 0.395. The normalized spacial score (nSPS) is 26.1. The molecule has 0 radical (unpaired) electrons. The molecule has 1 fully saturated rings. The highest BCUT2D eigenvalue weighted by Crippen LogP contribution is 2.35. The Hall–Kier alpha value is -1.00. The van der Waals surface area contributed by atoms with E-state index in [0.717, 1.165) is 23.2 Å². The largest absolute Gasteiger partial charge is 0.328 e. The number of nitrogens with zero attached hydrogens (tertiary/aromatic N) is 2. The maximum Gasteiger partial charge on any atom is 0.143 e. The van der Waals surface area contributed by atoms with Crippen molar-refractivity contribution in [2.75, 3.05) is 0 Å². The van der Waals surface area contributed by atoms with Gasteiger partial charge in [-0.3, -0.25) is 0 Å². The molecule has 3 rings (SSSR count). The molecule has 16 heavy (non-hydrogen) atoms. The Labute approximate surface area is 98.7 Å². The van der Waals surface area contributed by atoms with Gasteiger partial charge in [0.25, 0.3) is 0 Å². The van der Waals surface area contributed by atoms with Crippen LogP contribution in [0, 0.1) is 0 Å². The topological polar surface area (TPSA) is 51.8 Å². The molecule has 2 aromatic rings. The van der Waals surface area contributed by atoms with Crippen LogP contribution in [0.5, 0.6) is 0 Å². The highest BCUT2D eigenvalue weighted by atomic mass is 32.1. The van der Waals surface area contributed by atoms with E-state index in [1.165, 1.54) is 17.8 Å². The Balaban J connectivity index is 1.88. The van der Waals surface area contributed by atoms with Crippen LogP contribution in [0.4, 0.5) is 0 Å². The number of nitrogens with two attached hydrogens (primary N) is 1. The summed E-state index contributed by atoms with van der Waals surface area (Å²) in [6, 6.07) is 4.39. The fraction of sp³-hybridized carbons (Fsp3) is 0.500. The number of thiazole rings is 1. The van der Waals surface area contributed by atoms with Gasteiger partial charge in [0.15, 0.2) is 0 Å². The number of pyridine rings is 1. The van der Waals surface area contributed by atoms with Crippen molar-refractivity contribution >= 4 is 21.7 Å². The second-order valence-corrected chi connectivity index (χ2v) is 5.50. The molecule has 1 aliphatic carbocycles. The number of rotatable bonds is 1. The van der Waals surface area contributed by atoms with Crippen molar-refractivity contribution in [3.05, 3.63) is 23.3 Å². The van der Waals surface area contributed by atoms with Gasteiger partial charge in [0.2, 0.25) is 0 Å². The average molecular weight is 233 g/mol. The standard InChI is InChI=1S/C12H15N3S/c13-9-5-3-8(4-6-9)11-15-10-2-1-7-14-12(10)16-11/h1-2,7-9H,3-6,13H2/t8-,9-. The molecule has 2 aromatic heterocycles. The summed E-state index contributed by atoms with van der Waals surface area (Å²) in [5.41, 5.74) is 6.96. The lowest BCUT2D eigenvalue weighted by atomic mass is 9.87. The summed E-state index contributed by atoms with van der Waals surface area (Å²) in [6.45, 7) is 0. The van der Waals surface area contributed by atoms with Crippen molar-refractivity contribution in [2.45, 2.75) is 37.6 Å². The third kappa shape index (κ3) is 1.83. The lowest BCUT2D eigenvalue weighted by Gasteiger charge is -2.24. The first kappa shape index (κ1) is 10.2. The Bertz CT molecular complexity index is 453. The minimum atomic E-state index is 0.406. The van der Waals surface area contributed by atoms with Crippen LogP contribution in [-0.4, -0.2) is 16.0 Å². The van der Waals surface area contributed by atoms with E-state index in [1.54, 1.807) is 11.3 Å². The minimum absolute atomic E-state index is 0.406. The van der Waals surface area contributed by atoms with E-state index in [-0.39, 0.29) is 0 Å². The predicted molar refractivity (Wildman–Crippen MR) is 66.6 cm³/mol. The van der Waals surface area contributed by atoms with Gasteiger partial charge in [-0.25, -0.2) is 9.97 Å². The van der Waals surface area contributed by atoms with Crippen molar-refractivity contribution in [1.82, 2.24) is 9.97 Å². The van der Waals surface area contributed by atoms with Gasteiger partial charge in [-0.15, -0.1) is 0 Å². The third-order valence-electron chi connectivity index (χ3n) is 3.30. The first-order chi connectivity index (χ1) is 7.83. The van der Waals surface area contributed by atoms with Crippen LogP contribution >= 0.6 is 11.3 Å². The Kier molecular flexibility index (Phi) is 2.61. The molecule has 0 aliphatic heterocycles. The summed E-state index contributed by atoms with van der Waals surface area (Å²) in [5, 5.41) is 1.25. The molecule has 1 aliphatic rings. The zero-order valence-corrected chi connectivity index (χ0v) is 9.91. The van der Waals surface area contributed by atoms with Crippen molar-refractivity contribution < 1.29 is 0 Å². The fourth-order valence-electron chi connectivity index (χ4n) is 2.33.